The average Bonchev–Trinajstić information content (AvgIpc) is 3.22. The van der Waals surface area contributed by atoms with E-state index in [-0.39, 0.29) is 5.78 Å². The SMILES string of the molecule is O=C(c1ccccc1)c1c2ccccc2c(-c2ccccc2)c2c1[nH]c1ccccc12. The predicted octanol–water partition coefficient (Wildman–Crippen LogP) is 7.37. The number of para-hydroxylation sites is 1. The topological polar surface area (TPSA) is 32.9 Å². The Kier molecular flexibility index (Phi) is 3.97. The predicted molar refractivity (Wildman–Crippen MR) is 129 cm³/mol. The van der Waals surface area contributed by atoms with E-state index in [1.54, 1.807) is 0 Å². The maximum atomic E-state index is 13.8. The molecule has 146 valence electrons. The van der Waals surface area contributed by atoms with E-state index in [0.29, 0.717) is 5.56 Å². The van der Waals surface area contributed by atoms with Gasteiger partial charge >= 0.3 is 0 Å². The highest BCUT2D eigenvalue weighted by molar-refractivity contribution is 6.32. The summed E-state index contributed by atoms with van der Waals surface area (Å²) in [6.45, 7) is 0. The summed E-state index contributed by atoms with van der Waals surface area (Å²) in [6.07, 6.45) is 0. The standard InChI is InChI=1S/C29H19NO/c31-29(20-13-5-2-6-14-20)27-22-16-8-7-15-21(22)25(19-11-3-1-4-12-19)26-23-17-9-10-18-24(23)30-28(26)27/h1-18,30H. The Morgan fingerprint density at radius 1 is 0.581 bits per heavy atom. The Hall–Kier alpha value is -4.17. The number of fused-ring (bicyclic) bond motifs is 4. The summed E-state index contributed by atoms with van der Waals surface area (Å²) in [5, 5.41) is 4.28. The molecule has 0 aliphatic carbocycles. The largest absolute Gasteiger partial charge is 0.354 e. The van der Waals surface area contributed by atoms with Crippen molar-refractivity contribution in [2.24, 2.45) is 0 Å². The fourth-order valence-electron chi connectivity index (χ4n) is 4.65. The van der Waals surface area contributed by atoms with E-state index in [2.05, 4.69) is 59.6 Å². The molecule has 1 heterocycles. The third-order valence-corrected chi connectivity index (χ3v) is 6.00. The normalized spacial score (nSPS) is 11.4. The van der Waals surface area contributed by atoms with Crippen LogP contribution in [0.15, 0.2) is 109 Å². The van der Waals surface area contributed by atoms with Gasteiger partial charge in [0.05, 0.1) is 11.1 Å². The molecule has 6 rings (SSSR count). The van der Waals surface area contributed by atoms with E-state index in [0.717, 1.165) is 49.3 Å². The second kappa shape index (κ2) is 6.96. The lowest BCUT2D eigenvalue weighted by atomic mass is 9.88. The van der Waals surface area contributed by atoms with Crippen LogP contribution in [0.5, 0.6) is 0 Å². The lowest BCUT2D eigenvalue weighted by Gasteiger charge is -2.14. The average molecular weight is 397 g/mol. The van der Waals surface area contributed by atoms with Crippen LogP contribution < -0.4 is 0 Å². The van der Waals surface area contributed by atoms with Crippen LogP contribution in [0.3, 0.4) is 0 Å². The first-order valence-electron chi connectivity index (χ1n) is 10.4. The summed E-state index contributed by atoms with van der Waals surface area (Å²) < 4.78 is 0. The lowest BCUT2D eigenvalue weighted by molar-refractivity contribution is 0.104. The first-order chi connectivity index (χ1) is 15.3. The molecule has 2 nitrogen and oxygen atoms in total. The second-order valence-electron chi connectivity index (χ2n) is 7.78. The maximum absolute atomic E-state index is 13.8. The van der Waals surface area contributed by atoms with E-state index in [4.69, 9.17) is 0 Å². The van der Waals surface area contributed by atoms with E-state index in [1.807, 2.05) is 54.6 Å². The number of aromatic amines is 1. The molecule has 2 heteroatoms. The van der Waals surface area contributed by atoms with Gasteiger partial charge in [-0.2, -0.15) is 0 Å². The van der Waals surface area contributed by atoms with E-state index >= 15 is 0 Å². The molecule has 0 bridgehead atoms. The van der Waals surface area contributed by atoms with Crippen LogP contribution in [0.2, 0.25) is 0 Å². The van der Waals surface area contributed by atoms with Crippen molar-refractivity contribution < 1.29 is 4.79 Å². The third kappa shape index (κ3) is 2.69. The molecule has 1 aromatic heterocycles. The van der Waals surface area contributed by atoms with Crippen LogP contribution >= 0.6 is 0 Å². The van der Waals surface area contributed by atoms with Crippen LogP contribution in [0, 0.1) is 0 Å². The Balaban J connectivity index is 1.85. The van der Waals surface area contributed by atoms with E-state index in [9.17, 15) is 4.79 Å². The molecule has 0 saturated heterocycles. The first-order valence-corrected chi connectivity index (χ1v) is 10.4. The molecular weight excluding hydrogens is 378 g/mol. The van der Waals surface area contributed by atoms with Gasteiger partial charge in [-0.25, -0.2) is 0 Å². The highest BCUT2D eigenvalue weighted by Gasteiger charge is 2.23. The number of H-pyrrole nitrogens is 1. The Morgan fingerprint density at radius 3 is 1.90 bits per heavy atom. The zero-order valence-electron chi connectivity index (χ0n) is 16.8. The number of hydrogen-bond donors (Lipinski definition) is 1. The minimum Gasteiger partial charge on any atom is -0.354 e. The molecule has 0 aliphatic rings. The minimum absolute atomic E-state index is 0.0352. The molecule has 5 aromatic carbocycles. The number of benzene rings is 5. The van der Waals surface area contributed by atoms with Crippen molar-refractivity contribution in [2.75, 3.05) is 0 Å². The molecule has 1 N–H and O–H groups in total. The zero-order chi connectivity index (χ0) is 20.8. The van der Waals surface area contributed by atoms with Crippen LogP contribution in [0.1, 0.15) is 15.9 Å². The van der Waals surface area contributed by atoms with Crippen molar-refractivity contribution in [1.82, 2.24) is 4.98 Å². The number of rotatable bonds is 3. The quantitative estimate of drug-likeness (QED) is 0.311. The molecule has 0 spiro atoms. The summed E-state index contributed by atoms with van der Waals surface area (Å²) in [5.74, 6) is 0.0352. The molecular formula is C29H19NO. The van der Waals surface area contributed by atoms with Gasteiger partial charge in [-0.1, -0.05) is 103 Å². The zero-order valence-corrected chi connectivity index (χ0v) is 16.8. The van der Waals surface area contributed by atoms with Gasteiger partial charge in [-0.3, -0.25) is 4.79 Å². The Morgan fingerprint density at radius 2 is 1.16 bits per heavy atom. The summed E-state index contributed by atoms with van der Waals surface area (Å²) >= 11 is 0. The molecule has 0 aliphatic heterocycles. The summed E-state index contributed by atoms with van der Waals surface area (Å²) in [6, 6.07) is 36.5. The van der Waals surface area contributed by atoms with Gasteiger partial charge in [0.15, 0.2) is 5.78 Å². The highest BCUT2D eigenvalue weighted by atomic mass is 16.1. The van der Waals surface area contributed by atoms with Crippen LogP contribution in [-0.4, -0.2) is 10.8 Å². The number of hydrogen-bond acceptors (Lipinski definition) is 1. The van der Waals surface area contributed by atoms with Gasteiger partial charge in [-0.15, -0.1) is 0 Å². The van der Waals surface area contributed by atoms with Crippen LogP contribution in [-0.2, 0) is 0 Å². The molecule has 31 heavy (non-hydrogen) atoms. The molecule has 6 aromatic rings. The van der Waals surface area contributed by atoms with Gasteiger partial charge in [0.2, 0.25) is 0 Å². The summed E-state index contributed by atoms with van der Waals surface area (Å²) in [7, 11) is 0. The second-order valence-corrected chi connectivity index (χ2v) is 7.78. The molecule has 0 saturated carbocycles. The number of carbonyl (C=O) groups is 1. The van der Waals surface area contributed by atoms with Crippen LogP contribution in [0.25, 0.3) is 43.7 Å². The van der Waals surface area contributed by atoms with E-state index in [1.165, 1.54) is 0 Å². The smallest absolute Gasteiger partial charge is 0.195 e. The van der Waals surface area contributed by atoms with Gasteiger partial charge < -0.3 is 4.98 Å². The Labute approximate surface area is 179 Å². The van der Waals surface area contributed by atoms with Crippen molar-refractivity contribution >= 4 is 38.4 Å². The fraction of sp³-hybridized carbons (Fsp3) is 0. The van der Waals surface area contributed by atoms with Crippen molar-refractivity contribution in [3.63, 3.8) is 0 Å². The minimum atomic E-state index is 0.0352. The van der Waals surface area contributed by atoms with Crippen molar-refractivity contribution in [1.29, 1.82) is 0 Å². The molecule has 0 atom stereocenters. The molecule has 0 radical (unpaired) electrons. The highest BCUT2D eigenvalue weighted by Crippen LogP contribution is 2.43. The van der Waals surface area contributed by atoms with Gasteiger partial charge in [0.1, 0.15) is 0 Å². The van der Waals surface area contributed by atoms with Crippen molar-refractivity contribution in [3.05, 3.63) is 120 Å². The molecule has 0 unspecified atom stereocenters. The van der Waals surface area contributed by atoms with Gasteiger partial charge in [0.25, 0.3) is 0 Å². The van der Waals surface area contributed by atoms with Gasteiger partial charge in [0, 0.05) is 21.9 Å². The first kappa shape index (κ1) is 17.7. The monoisotopic (exact) mass is 397 g/mol. The summed E-state index contributed by atoms with van der Waals surface area (Å²) in [5.41, 5.74) is 5.66. The van der Waals surface area contributed by atoms with Gasteiger partial charge in [-0.05, 0) is 28.0 Å². The lowest BCUT2D eigenvalue weighted by Crippen LogP contribution is -2.04. The number of carbonyl (C=O) groups excluding carboxylic acids is 1. The van der Waals surface area contributed by atoms with E-state index < -0.39 is 0 Å². The number of aromatic nitrogens is 1. The Bertz CT molecular complexity index is 1580. The van der Waals surface area contributed by atoms with Crippen molar-refractivity contribution in [2.45, 2.75) is 0 Å². The fourth-order valence-corrected chi connectivity index (χ4v) is 4.65. The molecule has 0 fully saturated rings. The maximum Gasteiger partial charge on any atom is 0.195 e. The van der Waals surface area contributed by atoms with Crippen LogP contribution in [0.4, 0.5) is 0 Å². The number of nitrogens with one attached hydrogen (secondary N) is 1. The number of ketones is 1. The molecule has 0 amide bonds. The summed E-state index contributed by atoms with van der Waals surface area (Å²) in [4.78, 5) is 17.4. The van der Waals surface area contributed by atoms with Crippen molar-refractivity contribution in [3.8, 4) is 11.1 Å². The third-order valence-electron chi connectivity index (χ3n) is 6.00.